The zero-order valence-corrected chi connectivity index (χ0v) is 19.1. The number of carbonyl (C=O) groups is 2. The highest BCUT2D eigenvalue weighted by Gasteiger charge is 2.37. The predicted molar refractivity (Wildman–Crippen MR) is 122 cm³/mol. The molecule has 1 aliphatic carbocycles. The molecular formula is C23H26ClN3O4S. The van der Waals surface area contributed by atoms with E-state index in [-0.39, 0.29) is 41.8 Å². The molecule has 2 aromatic carbocycles. The maximum absolute atomic E-state index is 13.0. The fourth-order valence-electron chi connectivity index (χ4n) is 3.94. The Morgan fingerprint density at radius 3 is 2.16 bits per heavy atom. The number of rotatable bonds is 7. The molecule has 0 spiro atoms. The lowest BCUT2D eigenvalue weighted by molar-refractivity contribution is -0.124. The van der Waals surface area contributed by atoms with Crippen LogP contribution in [0.15, 0.2) is 59.5 Å². The first-order valence-electron chi connectivity index (χ1n) is 10.8. The number of hydrogen-bond donors (Lipinski definition) is 2. The monoisotopic (exact) mass is 475 g/mol. The molecule has 2 aromatic rings. The van der Waals surface area contributed by atoms with Crippen molar-refractivity contribution in [1.29, 1.82) is 0 Å². The van der Waals surface area contributed by atoms with Gasteiger partial charge < -0.3 is 10.6 Å². The lowest BCUT2D eigenvalue weighted by atomic mass is 9.89. The average Bonchev–Trinajstić information content (AvgIpc) is 3.62. The van der Waals surface area contributed by atoms with E-state index in [4.69, 9.17) is 11.6 Å². The van der Waals surface area contributed by atoms with Crippen molar-refractivity contribution >= 4 is 33.4 Å². The first-order valence-corrected chi connectivity index (χ1v) is 12.6. The third-order valence-corrected chi connectivity index (χ3v) is 8.12. The molecule has 2 fully saturated rings. The van der Waals surface area contributed by atoms with Gasteiger partial charge in [0.2, 0.25) is 15.9 Å². The van der Waals surface area contributed by atoms with Gasteiger partial charge in [0.15, 0.2) is 0 Å². The smallest absolute Gasteiger partial charge is 0.251 e. The van der Waals surface area contributed by atoms with Gasteiger partial charge in [-0.05, 0) is 68.0 Å². The second kappa shape index (κ2) is 9.60. The molecule has 2 amide bonds. The Labute approximate surface area is 193 Å². The third kappa shape index (κ3) is 5.31. The third-order valence-electron chi connectivity index (χ3n) is 5.95. The van der Waals surface area contributed by atoms with Gasteiger partial charge in [-0.2, -0.15) is 4.31 Å². The fraction of sp³-hybridized carbons (Fsp3) is 0.391. The maximum Gasteiger partial charge on any atom is 0.251 e. The highest BCUT2D eigenvalue weighted by atomic mass is 35.5. The highest BCUT2D eigenvalue weighted by molar-refractivity contribution is 7.89. The van der Waals surface area contributed by atoms with Crippen LogP contribution in [-0.2, 0) is 14.8 Å². The van der Waals surface area contributed by atoms with Gasteiger partial charge >= 0.3 is 0 Å². The van der Waals surface area contributed by atoms with E-state index in [9.17, 15) is 18.0 Å². The standard InChI is InChI=1S/C23H26ClN3O4S/c24-18-6-10-20(11-7-18)32(30,31)27-14-12-16(13-15-27)21(23(29)25-19-8-9-19)26-22(28)17-4-2-1-3-5-17/h1-7,10-11,16,19,21H,8-9,12-15H2,(H,25,29)(H,26,28)/t21-/m1/s1. The number of hydrogen-bond acceptors (Lipinski definition) is 4. The molecule has 0 bridgehead atoms. The molecule has 0 aromatic heterocycles. The fourth-order valence-corrected chi connectivity index (χ4v) is 5.53. The van der Waals surface area contributed by atoms with Crippen molar-refractivity contribution < 1.29 is 18.0 Å². The number of piperidine rings is 1. The molecule has 1 atom stereocenters. The van der Waals surface area contributed by atoms with E-state index in [1.54, 1.807) is 36.4 Å². The molecule has 4 rings (SSSR count). The molecule has 1 saturated heterocycles. The quantitative estimate of drug-likeness (QED) is 0.643. The Morgan fingerprint density at radius 2 is 1.56 bits per heavy atom. The summed E-state index contributed by atoms with van der Waals surface area (Å²) >= 11 is 5.88. The number of amides is 2. The van der Waals surface area contributed by atoms with Crippen LogP contribution in [0.5, 0.6) is 0 Å². The molecule has 2 aliphatic rings. The minimum Gasteiger partial charge on any atom is -0.352 e. The summed E-state index contributed by atoms with van der Waals surface area (Å²) < 4.78 is 27.4. The first-order chi connectivity index (χ1) is 15.3. The van der Waals surface area contributed by atoms with Crippen molar-refractivity contribution in [3.63, 3.8) is 0 Å². The van der Waals surface area contributed by atoms with Crippen LogP contribution in [0.3, 0.4) is 0 Å². The Hall–Kier alpha value is -2.42. The van der Waals surface area contributed by atoms with Gasteiger partial charge in [-0.1, -0.05) is 29.8 Å². The van der Waals surface area contributed by atoms with Crippen molar-refractivity contribution in [3.8, 4) is 0 Å². The Bertz CT molecular complexity index is 1060. The van der Waals surface area contributed by atoms with Gasteiger partial charge in [-0.3, -0.25) is 9.59 Å². The van der Waals surface area contributed by atoms with Crippen LogP contribution < -0.4 is 10.6 Å². The molecule has 32 heavy (non-hydrogen) atoms. The van der Waals surface area contributed by atoms with Crippen molar-refractivity contribution in [2.75, 3.05) is 13.1 Å². The molecule has 0 radical (unpaired) electrons. The second-order valence-corrected chi connectivity index (χ2v) is 10.7. The first kappa shape index (κ1) is 22.8. The zero-order chi connectivity index (χ0) is 22.7. The van der Waals surface area contributed by atoms with Crippen molar-refractivity contribution in [3.05, 3.63) is 65.2 Å². The summed E-state index contributed by atoms with van der Waals surface area (Å²) in [6, 6.07) is 14.3. The van der Waals surface area contributed by atoms with Crippen LogP contribution in [0.25, 0.3) is 0 Å². The summed E-state index contributed by atoms with van der Waals surface area (Å²) in [5, 5.41) is 6.35. The maximum atomic E-state index is 13.0. The van der Waals surface area contributed by atoms with E-state index < -0.39 is 16.1 Å². The van der Waals surface area contributed by atoms with E-state index in [0.29, 0.717) is 23.4 Å². The van der Waals surface area contributed by atoms with Crippen LogP contribution in [-0.4, -0.2) is 49.7 Å². The Morgan fingerprint density at radius 1 is 0.938 bits per heavy atom. The minimum absolute atomic E-state index is 0.155. The van der Waals surface area contributed by atoms with Crippen LogP contribution in [0.1, 0.15) is 36.0 Å². The van der Waals surface area contributed by atoms with Gasteiger partial charge in [-0.15, -0.1) is 0 Å². The van der Waals surface area contributed by atoms with Gasteiger partial charge in [0, 0.05) is 29.7 Å². The second-order valence-electron chi connectivity index (χ2n) is 8.30. The molecule has 1 heterocycles. The molecule has 1 saturated carbocycles. The van der Waals surface area contributed by atoms with Crippen LogP contribution in [0.2, 0.25) is 5.02 Å². The van der Waals surface area contributed by atoms with Crippen molar-refractivity contribution in [1.82, 2.24) is 14.9 Å². The van der Waals surface area contributed by atoms with E-state index >= 15 is 0 Å². The van der Waals surface area contributed by atoms with Gasteiger partial charge in [-0.25, -0.2) is 8.42 Å². The predicted octanol–water partition coefficient (Wildman–Crippen LogP) is 2.82. The topological polar surface area (TPSA) is 95.6 Å². The normalized spacial score (nSPS) is 18.7. The summed E-state index contributed by atoms with van der Waals surface area (Å²) in [5.74, 6) is -0.661. The number of nitrogens with zero attached hydrogens (tertiary/aromatic N) is 1. The molecule has 0 unspecified atom stereocenters. The summed E-state index contributed by atoms with van der Waals surface area (Å²) in [5.41, 5.74) is 0.486. The zero-order valence-electron chi connectivity index (χ0n) is 17.5. The van der Waals surface area contributed by atoms with Gasteiger partial charge in [0.05, 0.1) is 4.90 Å². The molecule has 9 heteroatoms. The lowest BCUT2D eigenvalue weighted by Gasteiger charge is -2.35. The largest absolute Gasteiger partial charge is 0.352 e. The molecule has 2 N–H and O–H groups in total. The van der Waals surface area contributed by atoms with Gasteiger partial charge in [0.25, 0.3) is 5.91 Å². The Balaban J connectivity index is 1.45. The number of benzene rings is 2. The van der Waals surface area contributed by atoms with Crippen molar-refractivity contribution in [2.45, 2.75) is 42.7 Å². The average molecular weight is 476 g/mol. The van der Waals surface area contributed by atoms with Crippen LogP contribution in [0.4, 0.5) is 0 Å². The summed E-state index contributed by atoms with van der Waals surface area (Å²) in [7, 11) is -3.64. The number of carbonyl (C=O) groups excluding carboxylic acids is 2. The van der Waals surface area contributed by atoms with Crippen LogP contribution >= 0.6 is 11.6 Å². The SMILES string of the molecule is O=C(N[C@@H](C(=O)NC1CC1)C1CCN(S(=O)(=O)c2ccc(Cl)cc2)CC1)c1ccccc1. The Kier molecular flexibility index (Phi) is 6.83. The lowest BCUT2D eigenvalue weighted by Crippen LogP contribution is -2.54. The van der Waals surface area contributed by atoms with E-state index in [0.717, 1.165) is 12.8 Å². The van der Waals surface area contributed by atoms with E-state index in [1.165, 1.54) is 16.4 Å². The number of nitrogens with one attached hydrogen (secondary N) is 2. The van der Waals surface area contributed by atoms with E-state index in [2.05, 4.69) is 10.6 Å². The molecule has 7 nitrogen and oxygen atoms in total. The highest BCUT2D eigenvalue weighted by Crippen LogP contribution is 2.28. The summed E-state index contributed by atoms with van der Waals surface area (Å²) in [4.78, 5) is 25.8. The molecule has 1 aliphatic heterocycles. The van der Waals surface area contributed by atoms with Gasteiger partial charge in [0.1, 0.15) is 6.04 Å². The molecule has 170 valence electrons. The number of halogens is 1. The summed E-state index contributed by atoms with van der Waals surface area (Å²) in [6.45, 7) is 0.564. The summed E-state index contributed by atoms with van der Waals surface area (Å²) in [6.07, 6.45) is 2.85. The minimum atomic E-state index is -3.64. The van der Waals surface area contributed by atoms with Crippen LogP contribution in [0, 0.1) is 5.92 Å². The molecular weight excluding hydrogens is 450 g/mol. The van der Waals surface area contributed by atoms with Crippen molar-refractivity contribution in [2.24, 2.45) is 5.92 Å². The van der Waals surface area contributed by atoms with E-state index in [1.807, 2.05) is 6.07 Å². The number of sulfonamides is 1.